The van der Waals surface area contributed by atoms with Crippen molar-refractivity contribution >= 4 is 17.7 Å². The van der Waals surface area contributed by atoms with Crippen LogP contribution in [0.5, 0.6) is 0 Å². The number of allylic oxidation sites excluding steroid dienone is 20. The molecule has 0 aromatic heterocycles. The molecule has 0 bridgehead atoms. The normalized spacial score (nSPS) is 26.4. The van der Waals surface area contributed by atoms with Crippen LogP contribution in [0.1, 0.15) is 179 Å². The van der Waals surface area contributed by atoms with E-state index in [9.17, 15) is 24.6 Å². The minimum atomic E-state index is -1.11. The van der Waals surface area contributed by atoms with Crippen molar-refractivity contribution in [3.05, 3.63) is 137 Å². The molecule has 0 aromatic carbocycles. The number of ketones is 1. The van der Waals surface area contributed by atoms with Crippen LogP contribution >= 0.6 is 0 Å². The van der Waals surface area contributed by atoms with Gasteiger partial charge in [-0.2, -0.15) is 0 Å². The second-order valence-electron chi connectivity index (χ2n) is 20.9. The first-order valence-electron chi connectivity index (χ1n) is 25.1. The van der Waals surface area contributed by atoms with Crippen molar-refractivity contribution in [2.75, 3.05) is 0 Å². The van der Waals surface area contributed by atoms with E-state index in [2.05, 4.69) is 63.0 Å². The number of ether oxygens (including phenoxy) is 2. The first-order valence-corrected chi connectivity index (χ1v) is 25.1. The highest BCUT2D eigenvalue weighted by atomic mass is 16.6. The fourth-order valence-electron chi connectivity index (χ4n) is 9.63. The number of carbonyl (C=O) groups excluding carboxylic acids is 2. The molecule has 1 heterocycles. The molecule has 0 unspecified atom stereocenters. The van der Waals surface area contributed by atoms with Crippen LogP contribution < -0.4 is 0 Å². The highest BCUT2D eigenvalue weighted by Gasteiger charge is 2.76. The predicted octanol–water partition coefficient (Wildman–Crippen LogP) is 14.4. The molecule has 3 aliphatic rings. The molecule has 2 saturated carbocycles. The average molecular weight is 937 g/mol. The lowest BCUT2D eigenvalue weighted by Crippen LogP contribution is -2.48. The number of carbonyl (C=O) groups is 3. The fourth-order valence-corrected chi connectivity index (χ4v) is 9.63. The number of hydrogen-bond acceptors (Lipinski definition) is 7. The smallest absolute Gasteiger partial charge is 0.303 e. The van der Waals surface area contributed by atoms with Gasteiger partial charge in [-0.3, -0.25) is 14.4 Å². The summed E-state index contributed by atoms with van der Waals surface area (Å²) in [6, 6.07) is 0. The minimum absolute atomic E-state index is 0.0816. The van der Waals surface area contributed by atoms with Gasteiger partial charge in [0.05, 0.1) is 17.3 Å². The number of carboxylic acids is 1. The Labute approximate surface area is 411 Å². The van der Waals surface area contributed by atoms with E-state index in [1.165, 1.54) is 39.0 Å². The highest BCUT2D eigenvalue weighted by molar-refractivity contribution is 5.96. The maximum atomic E-state index is 13.1. The molecule has 0 spiro atoms. The van der Waals surface area contributed by atoms with E-state index in [4.69, 9.17) is 14.6 Å². The SMILES string of the molecule is CC(=O)O[C@H]1CC(C)(C)C(=C=C/C(C)=C/C=C/C(C)=C/C=C/C=C(C)/C=C/C=C(\C)C(=O)C[C@@]23O[C@]2(C)C[C@@H](O)CC3(C)C)[C@](C)(O)C1.CCCC\C=C/C=C/C=C\CCCCCCCC(=O)O. The number of carboxylic acid groups (broad SMARTS) is 1. The summed E-state index contributed by atoms with van der Waals surface area (Å²) in [6.07, 6.45) is 46.9. The quantitative estimate of drug-likeness (QED) is 0.0218. The summed E-state index contributed by atoms with van der Waals surface area (Å²) >= 11 is 0. The Kier molecular flexibility index (Phi) is 25.2. The molecule has 3 rings (SSSR count). The Hall–Kier alpha value is -4.59. The van der Waals surface area contributed by atoms with Gasteiger partial charge in [0.2, 0.25) is 0 Å². The third kappa shape index (κ3) is 21.0. The molecule has 8 nitrogen and oxygen atoms in total. The zero-order valence-electron chi connectivity index (χ0n) is 44.0. The van der Waals surface area contributed by atoms with Gasteiger partial charge < -0.3 is 24.8 Å². The van der Waals surface area contributed by atoms with E-state index < -0.39 is 22.8 Å². The molecule has 2 aliphatic carbocycles. The number of fused-ring (bicyclic) bond motifs is 1. The summed E-state index contributed by atoms with van der Waals surface area (Å²) in [7, 11) is 0. The van der Waals surface area contributed by atoms with Crippen LogP contribution in [0.2, 0.25) is 0 Å². The summed E-state index contributed by atoms with van der Waals surface area (Å²) < 4.78 is 11.6. The fraction of sp³-hybridized carbons (Fsp3) is 0.567. The molecule has 376 valence electrons. The molecular formula is C60H88O8. The lowest BCUT2D eigenvalue weighted by molar-refractivity contribution is -0.152. The van der Waals surface area contributed by atoms with E-state index in [0.29, 0.717) is 44.1 Å². The molecule has 5 atom stereocenters. The van der Waals surface area contributed by atoms with Gasteiger partial charge >= 0.3 is 11.9 Å². The van der Waals surface area contributed by atoms with Crippen LogP contribution in [0.25, 0.3) is 0 Å². The molecule has 3 N–H and O–H groups in total. The molecular weight excluding hydrogens is 849 g/mol. The van der Waals surface area contributed by atoms with Crippen LogP contribution in [0.4, 0.5) is 0 Å². The standard InChI is InChI=1S/C42H58O6.C18H30O2/c1-29(18-14-19-31(3)22-23-37-38(6,7)26-35(47-33(5)43)27-40(37,10)46)16-12-13-17-30(2)20-15-21-32(4)36(45)28-42-39(8,9)24-34(44)25-41(42,11)48-42;1-2-3-4-5-6-7-8-9-10-11-12-13-14-15-16-17-18(19)20/h12-22,34-35,44,46H,24-28H2,1-11H3;5-10H,2-4,11-17H2,1H3,(H,19,20)/b13-12+,18-14+,20-15+,29-16+,30-17+,31-19+,32-21+;6-5-,8-7+,10-9-/t23?,34-,35-,40+,41+,42-;/m0./s1. The van der Waals surface area contributed by atoms with Crippen LogP contribution in [-0.4, -0.2) is 62.1 Å². The highest BCUT2D eigenvalue weighted by Crippen LogP contribution is 2.67. The van der Waals surface area contributed by atoms with E-state index in [1.54, 1.807) is 6.92 Å². The molecule has 0 amide bonds. The summed E-state index contributed by atoms with van der Waals surface area (Å²) in [6.45, 7) is 23.6. The topological polar surface area (TPSA) is 134 Å². The molecule has 8 heteroatoms. The number of rotatable bonds is 24. The van der Waals surface area contributed by atoms with Crippen molar-refractivity contribution in [3.8, 4) is 0 Å². The van der Waals surface area contributed by atoms with Crippen molar-refractivity contribution < 1.29 is 39.2 Å². The number of Topliss-reactive ketones (excluding diaryl/α,β-unsaturated/α-hetero) is 1. The third-order valence-electron chi connectivity index (χ3n) is 13.2. The minimum Gasteiger partial charge on any atom is -0.481 e. The average Bonchev–Trinajstić information content (AvgIpc) is 3.84. The number of aliphatic hydroxyl groups is 2. The first-order chi connectivity index (χ1) is 31.9. The number of esters is 1. The Morgan fingerprint density at radius 1 is 0.691 bits per heavy atom. The van der Waals surface area contributed by atoms with E-state index >= 15 is 0 Å². The van der Waals surface area contributed by atoms with E-state index in [0.717, 1.165) is 48.0 Å². The maximum Gasteiger partial charge on any atom is 0.303 e. The zero-order valence-corrected chi connectivity index (χ0v) is 44.0. The summed E-state index contributed by atoms with van der Waals surface area (Å²) in [4.78, 5) is 34.8. The summed E-state index contributed by atoms with van der Waals surface area (Å²) in [5, 5.41) is 29.9. The van der Waals surface area contributed by atoms with Crippen LogP contribution in [0.3, 0.4) is 0 Å². The number of hydrogen-bond donors (Lipinski definition) is 3. The maximum absolute atomic E-state index is 13.1. The van der Waals surface area contributed by atoms with Gasteiger partial charge in [-0.25, -0.2) is 0 Å². The second kappa shape index (κ2) is 28.8. The van der Waals surface area contributed by atoms with Gasteiger partial charge in [0, 0.05) is 38.2 Å². The van der Waals surface area contributed by atoms with E-state index in [1.807, 2.05) is 115 Å². The lowest BCUT2D eigenvalue weighted by Gasteiger charge is -2.44. The Morgan fingerprint density at radius 3 is 1.81 bits per heavy atom. The summed E-state index contributed by atoms with van der Waals surface area (Å²) in [5.74, 6) is -0.922. The van der Waals surface area contributed by atoms with Crippen molar-refractivity contribution in [2.45, 2.75) is 208 Å². The first kappa shape index (κ1) is 59.5. The molecule has 3 fully saturated rings. The summed E-state index contributed by atoms with van der Waals surface area (Å²) in [5.41, 5.74) is 5.35. The zero-order chi connectivity index (χ0) is 51.0. The van der Waals surface area contributed by atoms with Crippen molar-refractivity contribution in [3.63, 3.8) is 0 Å². The number of aliphatic carboxylic acids is 1. The number of epoxide rings is 1. The molecule has 1 saturated heterocycles. The van der Waals surface area contributed by atoms with Gasteiger partial charge in [0.1, 0.15) is 11.7 Å². The monoisotopic (exact) mass is 937 g/mol. The van der Waals surface area contributed by atoms with Gasteiger partial charge in [-0.05, 0) is 108 Å². The van der Waals surface area contributed by atoms with Gasteiger partial charge in [-0.1, -0.05) is 175 Å². The van der Waals surface area contributed by atoms with Crippen LogP contribution in [-0.2, 0) is 23.9 Å². The Balaban J connectivity index is 0.000000666. The van der Waals surface area contributed by atoms with Crippen LogP contribution in [0.15, 0.2) is 137 Å². The third-order valence-corrected chi connectivity index (χ3v) is 13.2. The predicted molar refractivity (Wildman–Crippen MR) is 281 cm³/mol. The van der Waals surface area contributed by atoms with E-state index in [-0.39, 0.29) is 34.8 Å². The largest absolute Gasteiger partial charge is 0.481 e. The second-order valence-corrected chi connectivity index (χ2v) is 20.9. The molecule has 0 aromatic rings. The molecule has 68 heavy (non-hydrogen) atoms. The van der Waals surface area contributed by atoms with Crippen molar-refractivity contribution in [1.29, 1.82) is 0 Å². The molecule has 1 aliphatic heterocycles. The molecule has 0 radical (unpaired) electrons. The van der Waals surface area contributed by atoms with Crippen molar-refractivity contribution in [2.24, 2.45) is 10.8 Å². The van der Waals surface area contributed by atoms with Gasteiger partial charge in [-0.15, -0.1) is 5.73 Å². The van der Waals surface area contributed by atoms with Crippen molar-refractivity contribution in [1.82, 2.24) is 0 Å². The number of unbranched alkanes of at least 4 members (excludes halogenated alkanes) is 7. The van der Waals surface area contributed by atoms with Crippen LogP contribution in [0, 0.1) is 10.8 Å². The number of aliphatic hydroxyl groups excluding tert-OH is 1. The van der Waals surface area contributed by atoms with Gasteiger partial charge in [0.25, 0.3) is 0 Å². The van der Waals surface area contributed by atoms with Gasteiger partial charge in [0.15, 0.2) is 5.78 Å². The Morgan fingerprint density at radius 2 is 1.25 bits per heavy atom. The Bertz CT molecular complexity index is 2030. The lowest BCUT2D eigenvalue weighted by atomic mass is 9.61.